The van der Waals surface area contributed by atoms with E-state index in [0.717, 1.165) is 20.9 Å². The zero-order valence-electron chi connectivity index (χ0n) is 26.6. The fourth-order valence-corrected chi connectivity index (χ4v) is 8.08. The fourth-order valence-electron chi connectivity index (χ4n) is 5.43. The summed E-state index contributed by atoms with van der Waals surface area (Å²) < 4.78 is 49.4. The number of rotatable bonds is 9. The standard InChI is InChI=1S/C34H30N8O4S4/c1-47-29-15-19(11-13-25(29)39-41-27-17-31(49(37,43)44)21-7-3-5-9-23(21)33(27)35)20-12-14-26(30(16-20)48-2)40-42-28-18-32(50(38,45)46)22-8-4-6-10-24(22)34(28)36/h3-18H,35-36H2,1-2H3,(H2,37,43,44)(H2,38,45,46)/b41-39+,42-40+. The molecule has 6 rings (SSSR count). The molecule has 50 heavy (non-hydrogen) atoms. The second-order valence-electron chi connectivity index (χ2n) is 11.0. The number of benzene rings is 6. The zero-order chi connectivity index (χ0) is 35.8. The third-order valence-corrected chi connectivity index (χ3v) is 11.3. The van der Waals surface area contributed by atoms with Crippen LogP contribution in [0.2, 0.25) is 0 Å². The Balaban J connectivity index is 1.32. The monoisotopic (exact) mass is 742 g/mol. The molecule has 0 bridgehead atoms. The van der Waals surface area contributed by atoms with Gasteiger partial charge in [-0.25, -0.2) is 27.1 Å². The lowest BCUT2D eigenvalue weighted by molar-refractivity contribution is 0.597. The highest BCUT2D eigenvalue weighted by molar-refractivity contribution is 7.99. The third kappa shape index (κ3) is 6.94. The van der Waals surface area contributed by atoms with Crippen LogP contribution in [0.15, 0.2) is 137 Å². The minimum atomic E-state index is -4.05. The van der Waals surface area contributed by atoms with Crippen molar-refractivity contribution in [3.63, 3.8) is 0 Å². The highest BCUT2D eigenvalue weighted by Gasteiger charge is 2.19. The Kier molecular flexibility index (Phi) is 9.67. The Bertz CT molecular complexity index is 2430. The van der Waals surface area contributed by atoms with Crippen molar-refractivity contribution in [3.8, 4) is 11.1 Å². The maximum absolute atomic E-state index is 12.3. The average molecular weight is 743 g/mol. The molecule has 0 heterocycles. The second-order valence-corrected chi connectivity index (χ2v) is 15.7. The summed E-state index contributed by atoms with van der Waals surface area (Å²) in [5.41, 5.74) is 16.6. The molecule has 0 saturated heterocycles. The van der Waals surface area contributed by atoms with E-state index in [-0.39, 0.29) is 32.5 Å². The van der Waals surface area contributed by atoms with Crippen LogP contribution in [0.1, 0.15) is 0 Å². The van der Waals surface area contributed by atoms with Crippen molar-refractivity contribution < 1.29 is 16.8 Å². The Morgan fingerprint density at radius 2 is 0.820 bits per heavy atom. The minimum absolute atomic E-state index is 0.0850. The van der Waals surface area contributed by atoms with Gasteiger partial charge in [-0.3, -0.25) is 0 Å². The number of nitrogens with two attached hydrogens (primary N) is 4. The van der Waals surface area contributed by atoms with Crippen molar-refractivity contribution >= 4 is 99.2 Å². The summed E-state index contributed by atoms with van der Waals surface area (Å²) in [6, 6.07) is 27.7. The molecule has 0 saturated carbocycles. The van der Waals surface area contributed by atoms with E-state index in [2.05, 4.69) is 20.5 Å². The number of thioether (sulfide) groups is 2. The maximum Gasteiger partial charge on any atom is 0.238 e. The van der Waals surface area contributed by atoms with Crippen LogP contribution in [0.5, 0.6) is 0 Å². The van der Waals surface area contributed by atoms with Crippen LogP contribution < -0.4 is 21.7 Å². The number of hydrogen-bond donors (Lipinski definition) is 4. The molecular formula is C34H30N8O4S4. The van der Waals surface area contributed by atoms with Gasteiger partial charge in [0.25, 0.3) is 0 Å². The molecule has 6 aromatic rings. The Labute approximate surface area is 297 Å². The zero-order valence-corrected chi connectivity index (χ0v) is 29.9. The molecule has 0 aliphatic heterocycles. The van der Waals surface area contributed by atoms with Gasteiger partial charge in [0.15, 0.2) is 0 Å². The van der Waals surface area contributed by atoms with Gasteiger partial charge in [0.2, 0.25) is 20.0 Å². The van der Waals surface area contributed by atoms with E-state index in [1.807, 2.05) is 48.9 Å². The molecule has 0 aliphatic carbocycles. The molecule has 0 spiro atoms. The normalized spacial score (nSPS) is 12.5. The number of nitrogens with zero attached hydrogens (tertiary/aromatic N) is 4. The fraction of sp³-hybridized carbons (Fsp3) is 0.0588. The van der Waals surface area contributed by atoms with Crippen molar-refractivity contribution in [1.29, 1.82) is 0 Å². The second kappa shape index (κ2) is 13.8. The van der Waals surface area contributed by atoms with Crippen molar-refractivity contribution in [2.75, 3.05) is 24.0 Å². The molecule has 16 heteroatoms. The lowest BCUT2D eigenvalue weighted by Gasteiger charge is -2.11. The van der Waals surface area contributed by atoms with Crippen LogP contribution in [-0.4, -0.2) is 29.3 Å². The summed E-state index contributed by atoms with van der Waals surface area (Å²) in [4.78, 5) is 1.48. The molecule has 0 amide bonds. The molecule has 0 aromatic heterocycles. The molecule has 12 nitrogen and oxygen atoms in total. The lowest BCUT2D eigenvalue weighted by atomic mass is 10.0. The first-order chi connectivity index (χ1) is 23.8. The number of hydrogen-bond acceptors (Lipinski definition) is 12. The predicted octanol–water partition coefficient (Wildman–Crippen LogP) is 8.39. The van der Waals surface area contributed by atoms with Gasteiger partial charge in [0, 0.05) is 31.3 Å². The first-order valence-corrected chi connectivity index (χ1v) is 20.2. The molecule has 0 atom stereocenters. The summed E-state index contributed by atoms with van der Waals surface area (Å²) in [5.74, 6) is 0. The van der Waals surface area contributed by atoms with E-state index in [1.54, 1.807) is 48.5 Å². The highest BCUT2D eigenvalue weighted by Crippen LogP contribution is 2.41. The van der Waals surface area contributed by atoms with Crippen LogP contribution in [0.3, 0.4) is 0 Å². The van der Waals surface area contributed by atoms with Gasteiger partial charge in [0.1, 0.15) is 11.4 Å². The van der Waals surface area contributed by atoms with Gasteiger partial charge < -0.3 is 11.5 Å². The number of sulfonamides is 2. The summed E-state index contributed by atoms with van der Waals surface area (Å²) >= 11 is 2.95. The molecule has 0 aliphatic rings. The van der Waals surface area contributed by atoms with E-state index in [0.29, 0.717) is 32.9 Å². The quantitative estimate of drug-likeness (QED) is 0.0638. The van der Waals surface area contributed by atoms with Crippen LogP contribution in [-0.2, 0) is 20.0 Å². The van der Waals surface area contributed by atoms with E-state index < -0.39 is 20.0 Å². The van der Waals surface area contributed by atoms with Crippen molar-refractivity contribution in [3.05, 3.63) is 97.1 Å². The van der Waals surface area contributed by atoms with E-state index in [4.69, 9.17) is 21.7 Å². The van der Waals surface area contributed by atoms with Gasteiger partial charge in [-0.2, -0.15) is 0 Å². The summed E-state index contributed by atoms with van der Waals surface area (Å²) in [6.45, 7) is 0. The van der Waals surface area contributed by atoms with Crippen molar-refractivity contribution in [2.45, 2.75) is 19.6 Å². The predicted molar refractivity (Wildman–Crippen MR) is 203 cm³/mol. The number of nitrogen functional groups attached to an aromatic ring is 2. The van der Waals surface area contributed by atoms with E-state index in [1.165, 1.54) is 35.7 Å². The Morgan fingerprint density at radius 3 is 1.16 bits per heavy atom. The molecule has 0 fully saturated rings. The van der Waals surface area contributed by atoms with Crippen molar-refractivity contribution in [1.82, 2.24) is 0 Å². The molecule has 6 aromatic carbocycles. The van der Waals surface area contributed by atoms with E-state index in [9.17, 15) is 16.8 Å². The smallest absolute Gasteiger partial charge is 0.238 e. The maximum atomic E-state index is 12.3. The van der Waals surface area contributed by atoms with Gasteiger partial charge in [-0.1, -0.05) is 60.7 Å². The van der Waals surface area contributed by atoms with Crippen molar-refractivity contribution in [2.24, 2.45) is 30.7 Å². The third-order valence-electron chi connectivity index (χ3n) is 7.89. The summed E-state index contributed by atoms with van der Waals surface area (Å²) in [7, 11) is -8.11. The highest BCUT2D eigenvalue weighted by atomic mass is 32.2. The number of fused-ring (bicyclic) bond motifs is 2. The molecular weight excluding hydrogens is 713 g/mol. The SMILES string of the molecule is CSc1cc(-c2ccc(/N=N/c3cc(S(N)(=O)=O)c4ccccc4c3N)c(SC)c2)ccc1/N=N/c1cc(S(N)(=O)=O)c2ccccc2c1N. The summed E-state index contributed by atoms with van der Waals surface area (Å²) in [5, 5.41) is 30.3. The molecule has 0 unspecified atom stereocenters. The van der Waals surface area contributed by atoms with Crippen LogP contribution in [0.4, 0.5) is 34.1 Å². The van der Waals surface area contributed by atoms with Gasteiger partial charge in [-0.05, 0) is 60.0 Å². The van der Waals surface area contributed by atoms with Gasteiger partial charge >= 0.3 is 0 Å². The van der Waals surface area contributed by atoms with Crippen LogP contribution >= 0.6 is 23.5 Å². The number of azo groups is 2. The topological polar surface area (TPSA) is 222 Å². The summed E-state index contributed by atoms with van der Waals surface area (Å²) in [6.07, 6.45) is 3.83. The molecule has 0 radical (unpaired) electrons. The minimum Gasteiger partial charge on any atom is -0.396 e. The first kappa shape index (κ1) is 35.0. The van der Waals surface area contributed by atoms with Gasteiger partial charge in [-0.15, -0.1) is 44.0 Å². The first-order valence-electron chi connectivity index (χ1n) is 14.7. The van der Waals surface area contributed by atoms with Crippen LogP contribution in [0.25, 0.3) is 32.7 Å². The van der Waals surface area contributed by atoms with Gasteiger partial charge in [0.05, 0.1) is 32.5 Å². The number of primary sulfonamides is 2. The molecule has 8 N–H and O–H groups in total. The average Bonchev–Trinajstić information content (AvgIpc) is 3.10. The van der Waals surface area contributed by atoms with Crippen LogP contribution in [0, 0.1) is 0 Å². The number of anilines is 2. The lowest BCUT2D eigenvalue weighted by Crippen LogP contribution is -2.13. The largest absolute Gasteiger partial charge is 0.396 e. The van der Waals surface area contributed by atoms with E-state index >= 15 is 0 Å². The molecule has 254 valence electrons. The Morgan fingerprint density at radius 1 is 0.480 bits per heavy atom. The Hall–Kier alpha value is -4.84.